The lowest BCUT2D eigenvalue weighted by Crippen LogP contribution is -2.33. The second kappa shape index (κ2) is 8.91. The molecule has 0 unspecified atom stereocenters. The molecule has 6 rings (SSSR count). The molecular weight excluding hydrogens is 524 g/mol. The van der Waals surface area contributed by atoms with Crippen molar-refractivity contribution >= 4 is 57.4 Å². The van der Waals surface area contributed by atoms with Gasteiger partial charge in [0.05, 0.1) is 28.0 Å². The highest BCUT2D eigenvalue weighted by atomic mass is 35.5. The Morgan fingerprint density at radius 1 is 1.17 bits per heavy atom. The number of hydrogen-bond donors (Lipinski definition) is 1. The van der Waals surface area contributed by atoms with Gasteiger partial charge in [0.15, 0.2) is 27.1 Å². The molecule has 0 amide bonds. The van der Waals surface area contributed by atoms with Crippen LogP contribution in [0.25, 0.3) is 22.4 Å². The standard InChI is InChI=1S/C22H19ClN8O3S.H2S/c1-35(33,34)14-5-2-4-13(10-14)31-20(28-30-9-7-15(23)18(30)22(31)32)16-6-3-8-29(16)21-17-19(25-11-24-17)26-12-27-21;/h2,4-5,7,9-12,16H,3,6,8H2,1H3,(H,24,25,26,27);1H2/t16-;/m0./s1. The van der Waals surface area contributed by atoms with Crippen LogP contribution >= 0.6 is 25.1 Å². The largest absolute Gasteiger partial charge is 0.344 e. The number of aromatic nitrogens is 7. The quantitative estimate of drug-likeness (QED) is 0.365. The molecule has 1 aliphatic heterocycles. The number of anilines is 1. The highest BCUT2D eigenvalue weighted by Crippen LogP contribution is 2.37. The van der Waals surface area contributed by atoms with E-state index in [0.717, 1.165) is 12.7 Å². The Balaban J connectivity index is 0.00000267. The van der Waals surface area contributed by atoms with E-state index in [4.69, 9.17) is 16.7 Å². The maximum atomic E-state index is 13.8. The average Bonchev–Trinajstić information content (AvgIpc) is 3.58. The highest BCUT2D eigenvalue weighted by molar-refractivity contribution is 7.90. The summed E-state index contributed by atoms with van der Waals surface area (Å²) in [6, 6.07) is 7.56. The van der Waals surface area contributed by atoms with Crippen molar-refractivity contribution in [3.05, 3.63) is 70.4 Å². The number of aromatic amines is 1. The zero-order chi connectivity index (χ0) is 24.3. The smallest absolute Gasteiger partial charge is 0.284 e. The number of fused-ring (bicyclic) bond motifs is 2. The molecule has 0 radical (unpaired) electrons. The third kappa shape index (κ3) is 3.83. The molecule has 0 spiro atoms. The fourth-order valence-electron chi connectivity index (χ4n) is 4.62. The molecule has 1 aromatic carbocycles. The van der Waals surface area contributed by atoms with Crippen molar-refractivity contribution in [1.82, 2.24) is 34.1 Å². The molecule has 5 heterocycles. The van der Waals surface area contributed by atoms with Gasteiger partial charge in [-0.25, -0.2) is 27.9 Å². The first-order chi connectivity index (χ1) is 16.8. The van der Waals surface area contributed by atoms with Gasteiger partial charge < -0.3 is 9.88 Å². The van der Waals surface area contributed by atoms with E-state index in [1.54, 1.807) is 30.7 Å². The van der Waals surface area contributed by atoms with E-state index >= 15 is 0 Å². The van der Waals surface area contributed by atoms with Crippen molar-refractivity contribution in [2.24, 2.45) is 0 Å². The van der Waals surface area contributed by atoms with Gasteiger partial charge in [0.2, 0.25) is 0 Å². The predicted octanol–water partition coefficient (Wildman–Crippen LogP) is 2.66. The Kier molecular flexibility index (Phi) is 6.01. The van der Waals surface area contributed by atoms with Gasteiger partial charge in [-0.1, -0.05) is 17.7 Å². The van der Waals surface area contributed by atoms with Crippen LogP contribution in [-0.2, 0) is 9.84 Å². The van der Waals surface area contributed by atoms with Gasteiger partial charge in [0.25, 0.3) is 5.56 Å². The second-order valence-electron chi connectivity index (χ2n) is 8.37. The Bertz CT molecular complexity index is 1780. The normalized spacial score (nSPS) is 16.1. The molecule has 1 N–H and O–H groups in total. The molecule has 5 aromatic rings. The maximum absolute atomic E-state index is 13.8. The van der Waals surface area contributed by atoms with Gasteiger partial charge in [-0.3, -0.25) is 9.36 Å². The first kappa shape index (κ1) is 24.3. The summed E-state index contributed by atoms with van der Waals surface area (Å²) in [5.74, 6) is 1.11. The Hall–Kier alpha value is -3.42. The molecule has 1 atom stereocenters. The summed E-state index contributed by atoms with van der Waals surface area (Å²) in [5, 5.41) is 5.05. The zero-order valence-corrected chi connectivity index (χ0v) is 21.5. The summed E-state index contributed by atoms with van der Waals surface area (Å²) in [5.41, 5.74) is 1.44. The van der Waals surface area contributed by atoms with Crippen LogP contribution in [-0.4, -0.2) is 55.3 Å². The lowest BCUT2D eigenvalue weighted by atomic mass is 10.2. The number of halogens is 1. The lowest BCUT2D eigenvalue weighted by Gasteiger charge is -2.27. The van der Waals surface area contributed by atoms with E-state index in [2.05, 4.69) is 24.8 Å². The van der Waals surface area contributed by atoms with Crippen molar-refractivity contribution in [2.75, 3.05) is 17.7 Å². The first-order valence-corrected chi connectivity index (χ1v) is 13.1. The van der Waals surface area contributed by atoms with Crippen LogP contribution in [0.2, 0.25) is 5.02 Å². The lowest BCUT2D eigenvalue weighted by molar-refractivity contribution is 0.598. The van der Waals surface area contributed by atoms with E-state index in [1.165, 1.54) is 27.5 Å². The number of H-pyrrole nitrogens is 1. The van der Waals surface area contributed by atoms with Gasteiger partial charge in [-0.2, -0.15) is 18.6 Å². The summed E-state index contributed by atoms with van der Waals surface area (Å²) < 4.78 is 27.4. The fourth-order valence-corrected chi connectivity index (χ4v) is 5.51. The zero-order valence-electron chi connectivity index (χ0n) is 19.0. The highest BCUT2D eigenvalue weighted by Gasteiger charge is 2.34. The van der Waals surface area contributed by atoms with Crippen LogP contribution in [0.15, 0.2) is 58.9 Å². The number of nitrogens with zero attached hydrogens (tertiary/aromatic N) is 7. The number of rotatable bonds is 4. The molecule has 11 nitrogen and oxygen atoms in total. The van der Waals surface area contributed by atoms with E-state index in [1.807, 2.05) is 0 Å². The summed E-state index contributed by atoms with van der Waals surface area (Å²) in [6.07, 6.45) is 7.33. The summed E-state index contributed by atoms with van der Waals surface area (Å²) in [4.78, 5) is 32.0. The monoisotopic (exact) mass is 544 g/mol. The predicted molar refractivity (Wildman–Crippen MR) is 140 cm³/mol. The van der Waals surface area contributed by atoms with E-state index in [0.29, 0.717) is 41.5 Å². The summed E-state index contributed by atoms with van der Waals surface area (Å²) in [6.45, 7) is 0.680. The van der Waals surface area contributed by atoms with Crippen molar-refractivity contribution in [3.63, 3.8) is 0 Å². The first-order valence-electron chi connectivity index (χ1n) is 10.8. The van der Waals surface area contributed by atoms with Crippen LogP contribution in [0.3, 0.4) is 0 Å². The van der Waals surface area contributed by atoms with Crippen LogP contribution in [0, 0.1) is 0 Å². The molecule has 36 heavy (non-hydrogen) atoms. The number of hydrogen-bond acceptors (Lipinski definition) is 8. The van der Waals surface area contributed by atoms with Crippen molar-refractivity contribution in [1.29, 1.82) is 0 Å². The van der Waals surface area contributed by atoms with E-state index in [9.17, 15) is 13.2 Å². The average molecular weight is 545 g/mol. The molecule has 1 aliphatic rings. The minimum Gasteiger partial charge on any atom is -0.344 e. The molecular formula is C22H21ClN8O3S2. The van der Waals surface area contributed by atoms with Crippen molar-refractivity contribution in [2.45, 2.75) is 23.8 Å². The van der Waals surface area contributed by atoms with Crippen molar-refractivity contribution in [3.8, 4) is 5.69 Å². The third-order valence-electron chi connectivity index (χ3n) is 6.19. The Morgan fingerprint density at radius 3 is 2.81 bits per heavy atom. The number of imidazole rings is 1. The molecule has 186 valence electrons. The molecule has 1 fully saturated rings. The van der Waals surface area contributed by atoms with Crippen molar-refractivity contribution < 1.29 is 8.42 Å². The van der Waals surface area contributed by atoms with Crippen LogP contribution in [0.5, 0.6) is 0 Å². The molecule has 0 saturated carbocycles. The minimum absolute atomic E-state index is 0. The number of sulfone groups is 1. The Labute approximate surface area is 217 Å². The third-order valence-corrected chi connectivity index (χ3v) is 7.61. The number of benzene rings is 1. The van der Waals surface area contributed by atoms with Gasteiger partial charge >= 0.3 is 0 Å². The van der Waals surface area contributed by atoms with Gasteiger partial charge in [-0.05, 0) is 37.1 Å². The van der Waals surface area contributed by atoms with E-state index < -0.39 is 15.4 Å². The van der Waals surface area contributed by atoms with Gasteiger partial charge in [-0.15, -0.1) is 0 Å². The van der Waals surface area contributed by atoms with Crippen LogP contribution in [0.1, 0.15) is 24.7 Å². The number of nitrogens with one attached hydrogen (secondary N) is 1. The molecule has 14 heteroatoms. The maximum Gasteiger partial charge on any atom is 0.284 e. The van der Waals surface area contributed by atoms with Crippen LogP contribution in [0.4, 0.5) is 5.82 Å². The molecule has 4 aromatic heterocycles. The molecule has 0 bridgehead atoms. The topological polar surface area (TPSA) is 131 Å². The van der Waals surface area contributed by atoms with Gasteiger partial charge in [0.1, 0.15) is 17.4 Å². The Morgan fingerprint density at radius 2 is 2.00 bits per heavy atom. The molecule has 1 saturated heterocycles. The summed E-state index contributed by atoms with van der Waals surface area (Å²) >= 11 is 6.32. The fraction of sp³-hybridized carbons (Fsp3) is 0.227. The minimum atomic E-state index is -3.50. The van der Waals surface area contributed by atoms with E-state index in [-0.39, 0.29) is 35.0 Å². The summed E-state index contributed by atoms with van der Waals surface area (Å²) in [7, 11) is -3.50. The second-order valence-corrected chi connectivity index (χ2v) is 10.8. The van der Waals surface area contributed by atoms with Crippen LogP contribution < -0.4 is 10.5 Å². The van der Waals surface area contributed by atoms with Gasteiger partial charge in [0, 0.05) is 19.0 Å². The SMILES string of the molecule is CS(=O)(=O)c1cccc(-n2c([C@@H]3CCCN3c3ncnc4nc[nH]c34)nn3ccc(Cl)c3c2=O)c1.S. The molecule has 0 aliphatic carbocycles.